The quantitative estimate of drug-likeness (QED) is 0.598. The number of ether oxygens (including phenoxy) is 2. The molecule has 0 radical (unpaired) electrons. The lowest BCUT2D eigenvalue weighted by Crippen LogP contribution is -2.10. The van der Waals surface area contributed by atoms with Gasteiger partial charge in [0.05, 0.1) is 35.8 Å². The fraction of sp³-hybridized carbons (Fsp3) is 0.538. The maximum absolute atomic E-state index is 11.9. The highest BCUT2D eigenvalue weighted by Crippen LogP contribution is 2.31. The van der Waals surface area contributed by atoms with Crippen molar-refractivity contribution in [3.05, 3.63) is 16.4 Å². The molecule has 2 aromatic rings. The van der Waals surface area contributed by atoms with E-state index in [1.165, 1.54) is 18.4 Å². The van der Waals surface area contributed by atoms with Crippen molar-refractivity contribution >= 4 is 17.3 Å². The first-order valence-electron chi connectivity index (χ1n) is 6.62. The number of hydrogen-bond donors (Lipinski definition) is 0. The van der Waals surface area contributed by atoms with Gasteiger partial charge in [0.2, 0.25) is 0 Å². The smallest absolute Gasteiger partial charge is 0.360 e. The summed E-state index contributed by atoms with van der Waals surface area (Å²) in [7, 11) is 1.33. The third-order valence-corrected chi connectivity index (χ3v) is 3.96. The molecule has 0 aliphatic heterocycles. The van der Waals surface area contributed by atoms with E-state index in [-0.39, 0.29) is 5.69 Å². The second-order valence-corrected chi connectivity index (χ2v) is 5.55. The normalized spacial score (nSPS) is 10.9. The summed E-state index contributed by atoms with van der Waals surface area (Å²) in [5.74, 6) is -0.502. The van der Waals surface area contributed by atoms with E-state index >= 15 is 0 Å². The van der Waals surface area contributed by atoms with Crippen LogP contribution in [0.2, 0.25) is 0 Å². The van der Waals surface area contributed by atoms with Gasteiger partial charge < -0.3 is 9.47 Å². The Morgan fingerprint density at radius 1 is 1.38 bits per heavy atom. The molecule has 2 heterocycles. The molecule has 2 rings (SSSR count). The monoisotopic (exact) mass is 310 g/mol. The van der Waals surface area contributed by atoms with Crippen LogP contribution in [0.4, 0.5) is 0 Å². The van der Waals surface area contributed by atoms with Gasteiger partial charge in [0.15, 0.2) is 5.69 Å². The Kier molecular flexibility index (Phi) is 5.03. The van der Waals surface area contributed by atoms with Crippen molar-refractivity contribution in [3.8, 4) is 10.6 Å². The van der Waals surface area contributed by atoms with Crippen LogP contribution in [0.5, 0.6) is 0 Å². The molecule has 0 aliphatic rings. The van der Waals surface area contributed by atoms with Crippen LogP contribution in [0.1, 0.15) is 28.1 Å². The zero-order valence-electron chi connectivity index (χ0n) is 12.5. The first-order chi connectivity index (χ1) is 10.1. The van der Waals surface area contributed by atoms with Crippen LogP contribution in [-0.2, 0) is 16.0 Å². The summed E-state index contributed by atoms with van der Waals surface area (Å²) in [6.07, 6.45) is 0. The minimum absolute atomic E-state index is 0.209. The highest BCUT2D eigenvalue weighted by atomic mass is 32.1. The molecule has 0 N–H and O–H groups in total. The van der Waals surface area contributed by atoms with Crippen molar-refractivity contribution in [2.75, 3.05) is 20.3 Å². The van der Waals surface area contributed by atoms with Gasteiger partial charge in [0.25, 0.3) is 0 Å². The third-order valence-electron chi connectivity index (χ3n) is 2.88. The Balaban J connectivity index is 2.45. The van der Waals surface area contributed by atoms with Gasteiger partial charge in [-0.3, -0.25) is 0 Å². The molecule has 7 nitrogen and oxygen atoms in total. The van der Waals surface area contributed by atoms with Gasteiger partial charge in [-0.1, -0.05) is 5.21 Å². The molecular formula is C13H18N4O3S. The van der Waals surface area contributed by atoms with Gasteiger partial charge in [-0.15, -0.1) is 16.4 Å². The average Bonchev–Trinajstić information content (AvgIpc) is 3.01. The lowest BCUT2D eigenvalue weighted by atomic mass is 10.2. The number of carbonyl (C=O) groups is 1. The standard InChI is InChI=1S/C13H18N4O3S/c1-5-20-7-6-17-11(10(15-16-17)13(18)19-4)12-8(2)14-9(3)21-12/h5-7H2,1-4H3. The van der Waals surface area contributed by atoms with E-state index in [0.29, 0.717) is 25.5 Å². The number of aryl methyl sites for hydroxylation is 2. The van der Waals surface area contributed by atoms with Crippen molar-refractivity contribution in [1.82, 2.24) is 20.0 Å². The predicted octanol–water partition coefficient (Wildman–Crippen LogP) is 1.84. The third kappa shape index (κ3) is 3.27. The van der Waals surface area contributed by atoms with Crippen LogP contribution in [0.3, 0.4) is 0 Å². The van der Waals surface area contributed by atoms with Gasteiger partial charge in [-0.2, -0.15) is 0 Å². The average molecular weight is 310 g/mol. The molecule has 0 saturated carbocycles. The minimum Gasteiger partial charge on any atom is -0.464 e. The highest BCUT2D eigenvalue weighted by Gasteiger charge is 2.24. The van der Waals surface area contributed by atoms with Crippen LogP contribution >= 0.6 is 11.3 Å². The van der Waals surface area contributed by atoms with Gasteiger partial charge in [0, 0.05) is 6.61 Å². The maximum Gasteiger partial charge on any atom is 0.360 e. The molecule has 2 aromatic heterocycles. The van der Waals surface area contributed by atoms with Gasteiger partial charge in [-0.05, 0) is 20.8 Å². The minimum atomic E-state index is -0.502. The fourth-order valence-electron chi connectivity index (χ4n) is 1.97. The topological polar surface area (TPSA) is 79.1 Å². The van der Waals surface area contributed by atoms with E-state index in [9.17, 15) is 4.79 Å². The van der Waals surface area contributed by atoms with Gasteiger partial charge in [-0.25, -0.2) is 14.5 Å². The molecule has 8 heteroatoms. The summed E-state index contributed by atoms with van der Waals surface area (Å²) in [6.45, 7) is 7.41. The molecule has 114 valence electrons. The number of thiazole rings is 1. The Hall–Kier alpha value is -1.80. The summed E-state index contributed by atoms with van der Waals surface area (Å²) >= 11 is 1.51. The summed E-state index contributed by atoms with van der Waals surface area (Å²) < 4.78 is 11.8. The first-order valence-corrected chi connectivity index (χ1v) is 7.44. The Bertz CT molecular complexity index is 635. The van der Waals surface area contributed by atoms with Crippen LogP contribution in [0, 0.1) is 13.8 Å². The van der Waals surface area contributed by atoms with Crippen LogP contribution < -0.4 is 0 Å². The zero-order valence-corrected chi connectivity index (χ0v) is 13.4. The van der Waals surface area contributed by atoms with Crippen LogP contribution in [-0.4, -0.2) is 46.3 Å². The molecule has 0 saturated heterocycles. The first kappa shape index (κ1) is 15.6. The van der Waals surface area contributed by atoms with Crippen molar-refractivity contribution in [2.24, 2.45) is 0 Å². The number of carbonyl (C=O) groups excluding carboxylic acids is 1. The molecule has 0 bridgehead atoms. The molecular weight excluding hydrogens is 292 g/mol. The molecule has 0 spiro atoms. The van der Waals surface area contributed by atoms with E-state index in [4.69, 9.17) is 9.47 Å². The molecule has 0 fully saturated rings. The number of rotatable bonds is 6. The molecule has 0 amide bonds. The SMILES string of the molecule is CCOCCn1nnc(C(=O)OC)c1-c1sc(C)nc1C. The van der Waals surface area contributed by atoms with E-state index in [1.54, 1.807) is 4.68 Å². The maximum atomic E-state index is 11.9. The summed E-state index contributed by atoms with van der Waals surface area (Å²) in [5, 5.41) is 8.93. The fourth-order valence-corrected chi connectivity index (χ4v) is 2.94. The van der Waals surface area contributed by atoms with Crippen LogP contribution in [0.25, 0.3) is 10.6 Å². The van der Waals surface area contributed by atoms with Crippen molar-refractivity contribution in [3.63, 3.8) is 0 Å². The lowest BCUT2D eigenvalue weighted by molar-refractivity contribution is 0.0595. The summed E-state index contributed by atoms with van der Waals surface area (Å²) in [5.41, 5.74) is 1.70. The molecule has 0 atom stereocenters. The van der Waals surface area contributed by atoms with Crippen LogP contribution in [0.15, 0.2) is 0 Å². The second kappa shape index (κ2) is 6.77. The number of nitrogens with zero attached hydrogens (tertiary/aromatic N) is 4. The Morgan fingerprint density at radius 3 is 2.71 bits per heavy atom. The lowest BCUT2D eigenvalue weighted by Gasteiger charge is -2.06. The zero-order chi connectivity index (χ0) is 15.4. The predicted molar refractivity (Wildman–Crippen MR) is 78.4 cm³/mol. The largest absolute Gasteiger partial charge is 0.464 e. The molecule has 0 unspecified atom stereocenters. The summed E-state index contributed by atoms with van der Waals surface area (Å²) in [6, 6.07) is 0. The summed E-state index contributed by atoms with van der Waals surface area (Å²) in [4.78, 5) is 17.2. The number of aromatic nitrogens is 4. The van der Waals surface area contributed by atoms with E-state index < -0.39 is 5.97 Å². The van der Waals surface area contributed by atoms with E-state index in [1.807, 2.05) is 20.8 Å². The van der Waals surface area contributed by atoms with Gasteiger partial charge in [0.1, 0.15) is 5.69 Å². The van der Waals surface area contributed by atoms with E-state index in [0.717, 1.165) is 15.6 Å². The molecule has 0 aromatic carbocycles. The Labute approximate surface area is 126 Å². The Morgan fingerprint density at radius 2 is 2.14 bits per heavy atom. The second-order valence-electron chi connectivity index (χ2n) is 4.35. The number of hydrogen-bond acceptors (Lipinski definition) is 7. The highest BCUT2D eigenvalue weighted by molar-refractivity contribution is 7.15. The molecule has 21 heavy (non-hydrogen) atoms. The van der Waals surface area contributed by atoms with Crippen molar-refractivity contribution in [2.45, 2.75) is 27.3 Å². The number of methoxy groups -OCH3 is 1. The van der Waals surface area contributed by atoms with E-state index in [2.05, 4.69) is 15.3 Å². The molecule has 0 aliphatic carbocycles. The number of esters is 1. The van der Waals surface area contributed by atoms with Crippen molar-refractivity contribution in [1.29, 1.82) is 0 Å². The van der Waals surface area contributed by atoms with Gasteiger partial charge >= 0.3 is 5.97 Å². The van der Waals surface area contributed by atoms with Crippen molar-refractivity contribution < 1.29 is 14.3 Å².